The van der Waals surface area contributed by atoms with Gasteiger partial charge in [0.25, 0.3) is 0 Å². The van der Waals surface area contributed by atoms with Crippen molar-refractivity contribution in [3.05, 3.63) is 39.0 Å². The smallest absolute Gasteiger partial charge is 0.201 e. The molecule has 2 aromatic heterocycles. The number of benzene rings is 1. The molecule has 0 bridgehead atoms. The third kappa shape index (κ3) is 2.31. The van der Waals surface area contributed by atoms with Gasteiger partial charge in [0, 0.05) is 30.1 Å². The summed E-state index contributed by atoms with van der Waals surface area (Å²) < 4.78 is 15.8. The molecule has 0 saturated carbocycles. The number of hydrogen-bond acceptors (Lipinski definition) is 4. The fourth-order valence-corrected chi connectivity index (χ4v) is 3.18. The third-order valence-corrected chi connectivity index (χ3v) is 4.76. The molecule has 0 amide bonds. The molecule has 0 aliphatic heterocycles. The van der Waals surface area contributed by atoms with Crippen LogP contribution in [0.1, 0.15) is 17.8 Å². The van der Waals surface area contributed by atoms with Gasteiger partial charge in [-0.1, -0.05) is 6.92 Å². The van der Waals surface area contributed by atoms with E-state index in [4.69, 9.17) is 5.73 Å². The minimum atomic E-state index is -0.338. The quantitative estimate of drug-likeness (QED) is 0.778. The molecule has 3 rings (SSSR count). The molecule has 20 heavy (non-hydrogen) atoms. The highest BCUT2D eigenvalue weighted by atomic mass is 79.9. The predicted octanol–water partition coefficient (Wildman–Crippen LogP) is 3.78. The van der Waals surface area contributed by atoms with Crippen LogP contribution in [0.5, 0.6) is 0 Å². The minimum Gasteiger partial charge on any atom is -0.369 e. The van der Waals surface area contributed by atoms with Gasteiger partial charge in [0.15, 0.2) is 0 Å². The monoisotopic (exact) mass is 354 g/mol. The fourth-order valence-electron chi connectivity index (χ4n) is 2.16. The number of nitrogens with zero attached hydrogens (tertiary/aromatic N) is 3. The molecule has 1 aromatic carbocycles. The lowest BCUT2D eigenvalue weighted by Crippen LogP contribution is -2.09. The van der Waals surface area contributed by atoms with Crippen molar-refractivity contribution in [1.29, 1.82) is 0 Å². The number of thiazole rings is 1. The zero-order valence-electron chi connectivity index (χ0n) is 10.7. The SMILES string of the molecule is CC(Cn1c(N)nc2cc(F)c(Br)cc21)c1nccs1. The zero-order valence-corrected chi connectivity index (χ0v) is 13.1. The van der Waals surface area contributed by atoms with Gasteiger partial charge < -0.3 is 10.3 Å². The van der Waals surface area contributed by atoms with Gasteiger partial charge in [-0.3, -0.25) is 0 Å². The maximum atomic E-state index is 13.5. The first-order valence-electron chi connectivity index (χ1n) is 6.06. The first-order chi connectivity index (χ1) is 9.56. The Bertz CT molecular complexity index is 753. The molecule has 2 heterocycles. The van der Waals surface area contributed by atoms with Gasteiger partial charge in [-0.25, -0.2) is 14.4 Å². The maximum Gasteiger partial charge on any atom is 0.201 e. The Balaban J connectivity index is 2.03. The maximum absolute atomic E-state index is 13.5. The highest BCUT2D eigenvalue weighted by molar-refractivity contribution is 9.10. The Morgan fingerprint density at radius 3 is 3.00 bits per heavy atom. The van der Waals surface area contributed by atoms with Crippen LogP contribution in [0, 0.1) is 5.82 Å². The second kappa shape index (κ2) is 5.14. The van der Waals surface area contributed by atoms with Crippen LogP contribution in [-0.2, 0) is 6.54 Å². The number of nitrogen functional groups attached to an aromatic ring is 1. The summed E-state index contributed by atoms with van der Waals surface area (Å²) in [5.74, 6) is 0.273. The molecule has 1 atom stereocenters. The van der Waals surface area contributed by atoms with Crippen molar-refractivity contribution in [2.24, 2.45) is 0 Å². The van der Waals surface area contributed by atoms with Crippen LogP contribution in [-0.4, -0.2) is 14.5 Å². The van der Waals surface area contributed by atoms with Crippen LogP contribution in [0.3, 0.4) is 0 Å². The highest BCUT2D eigenvalue weighted by Gasteiger charge is 2.16. The first kappa shape index (κ1) is 13.5. The predicted molar refractivity (Wildman–Crippen MR) is 82.3 cm³/mol. The number of imidazole rings is 1. The Morgan fingerprint density at radius 1 is 1.50 bits per heavy atom. The van der Waals surface area contributed by atoms with E-state index in [1.165, 1.54) is 6.07 Å². The van der Waals surface area contributed by atoms with Crippen molar-refractivity contribution in [1.82, 2.24) is 14.5 Å². The van der Waals surface area contributed by atoms with Crippen LogP contribution in [0.4, 0.5) is 10.3 Å². The van der Waals surface area contributed by atoms with E-state index < -0.39 is 0 Å². The normalized spacial score (nSPS) is 12.9. The third-order valence-electron chi connectivity index (χ3n) is 3.15. The molecule has 0 aliphatic carbocycles. The largest absolute Gasteiger partial charge is 0.369 e. The van der Waals surface area contributed by atoms with Crippen LogP contribution in [0.2, 0.25) is 0 Å². The molecule has 0 saturated heterocycles. The number of nitrogens with two attached hydrogens (primary N) is 1. The zero-order chi connectivity index (χ0) is 14.3. The highest BCUT2D eigenvalue weighted by Crippen LogP contribution is 2.28. The van der Waals surface area contributed by atoms with Gasteiger partial charge in [-0.15, -0.1) is 11.3 Å². The lowest BCUT2D eigenvalue weighted by molar-refractivity contribution is 0.611. The van der Waals surface area contributed by atoms with E-state index >= 15 is 0 Å². The van der Waals surface area contributed by atoms with Crippen molar-refractivity contribution >= 4 is 44.2 Å². The van der Waals surface area contributed by atoms with Gasteiger partial charge in [0.2, 0.25) is 5.95 Å². The second-order valence-corrected chi connectivity index (χ2v) is 6.39. The van der Waals surface area contributed by atoms with Crippen LogP contribution in [0.25, 0.3) is 11.0 Å². The van der Waals surface area contributed by atoms with Crippen molar-refractivity contribution < 1.29 is 4.39 Å². The van der Waals surface area contributed by atoms with E-state index in [0.29, 0.717) is 22.5 Å². The molecular formula is C13H12BrFN4S. The number of fused-ring (bicyclic) bond motifs is 1. The molecule has 0 radical (unpaired) electrons. The van der Waals surface area contributed by atoms with Crippen LogP contribution >= 0.6 is 27.3 Å². The van der Waals surface area contributed by atoms with Crippen LogP contribution < -0.4 is 5.73 Å². The Morgan fingerprint density at radius 2 is 2.30 bits per heavy atom. The van der Waals surface area contributed by atoms with E-state index in [2.05, 4.69) is 32.8 Å². The summed E-state index contributed by atoms with van der Waals surface area (Å²) >= 11 is 4.81. The van der Waals surface area contributed by atoms with E-state index in [1.807, 2.05) is 9.95 Å². The van der Waals surface area contributed by atoms with Crippen molar-refractivity contribution in [2.75, 3.05) is 5.73 Å². The first-order valence-corrected chi connectivity index (χ1v) is 7.73. The minimum absolute atomic E-state index is 0.221. The molecule has 7 heteroatoms. The Hall–Kier alpha value is -1.47. The standard InChI is InChI=1S/C13H12BrFN4S/c1-7(12-17-2-3-20-12)6-19-11-4-8(14)9(15)5-10(11)18-13(19)16/h2-5,7H,6H2,1H3,(H2,16,18). The van der Waals surface area contributed by atoms with E-state index in [1.54, 1.807) is 23.6 Å². The average molecular weight is 355 g/mol. The van der Waals surface area contributed by atoms with E-state index in [-0.39, 0.29) is 11.7 Å². The number of hydrogen-bond donors (Lipinski definition) is 1. The summed E-state index contributed by atoms with van der Waals surface area (Å²) in [6.07, 6.45) is 1.79. The molecule has 104 valence electrons. The molecule has 3 aromatic rings. The topological polar surface area (TPSA) is 56.7 Å². The lowest BCUT2D eigenvalue weighted by atomic mass is 10.2. The van der Waals surface area contributed by atoms with E-state index in [9.17, 15) is 4.39 Å². The second-order valence-electron chi connectivity index (χ2n) is 4.61. The van der Waals surface area contributed by atoms with Gasteiger partial charge >= 0.3 is 0 Å². The van der Waals surface area contributed by atoms with Crippen molar-refractivity contribution in [3.8, 4) is 0 Å². The summed E-state index contributed by atoms with van der Waals surface area (Å²) in [5, 5.41) is 3.00. The molecule has 1 unspecified atom stereocenters. The average Bonchev–Trinajstić information content (AvgIpc) is 3.01. The van der Waals surface area contributed by atoms with Gasteiger partial charge in [-0.05, 0) is 22.0 Å². The van der Waals surface area contributed by atoms with Crippen LogP contribution in [0.15, 0.2) is 28.2 Å². The number of aromatic nitrogens is 3. The summed E-state index contributed by atoms with van der Waals surface area (Å²) in [6.45, 7) is 2.75. The molecular weight excluding hydrogens is 343 g/mol. The van der Waals surface area contributed by atoms with Crippen molar-refractivity contribution in [2.45, 2.75) is 19.4 Å². The summed E-state index contributed by atoms with van der Waals surface area (Å²) in [5.41, 5.74) is 7.34. The molecule has 0 aliphatic rings. The molecule has 0 spiro atoms. The molecule has 4 nitrogen and oxygen atoms in total. The Labute approximate surface area is 127 Å². The number of anilines is 1. The summed E-state index contributed by atoms with van der Waals surface area (Å²) in [4.78, 5) is 8.53. The van der Waals surface area contributed by atoms with Gasteiger partial charge in [0.05, 0.1) is 20.5 Å². The summed E-state index contributed by atoms with van der Waals surface area (Å²) in [6, 6.07) is 3.10. The van der Waals surface area contributed by atoms with Crippen molar-refractivity contribution in [3.63, 3.8) is 0 Å². The molecule has 0 fully saturated rings. The molecule has 2 N–H and O–H groups in total. The van der Waals surface area contributed by atoms with Gasteiger partial charge in [0.1, 0.15) is 5.82 Å². The number of halogens is 2. The summed E-state index contributed by atoms with van der Waals surface area (Å²) in [7, 11) is 0. The fraction of sp³-hybridized carbons (Fsp3) is 0.231. The van der Waals surface area contributed by atoms with E-state index in [0.717, 1.165) is 10.5 Å². The Kier molecular flexibility index (Phi) is 3.47. The van der Waals surface area contributed by atoms with Gasteiger partial charge in [-0.2, -0.15) is 0 Å². The lowest BCUT2D eigenvalue weighted by Gasteiger charge is -2.12. The number of rotatable bonds is 3.